The Hall–Kier alpha value is -2.93. The van der Waals surface area contributed by atoms with E-state index >= 15 is 0 Å². The third kappa shape index (κ3) is 4.24. The number of nitrogens with zero attached hydrogens (tertiary/aromatic N) is 4. The van der Waals surface area contributed by atoms with Crippen LogP contribution in [0.1, 0.15) is 29.3 Å². The highest BCUT2D eigenvalue weighted by Gasteiger charge is 2.20. The molecule has 1 fully saturated rings. The highest BCUT2D eigenvalue weighted by molar-refractivity contribution is 5.98. The first-order chi connectivity index (χ1) is 14.2. The van der Waals surface area contributed by atoms with Crippen molar-refractivity contribution in [2.24, 2.45) is 0 Å². The van der Waals surface area contributed by atoms with Crippen molar-refractivity contribution in [1.29, 1.82) is 0 Å². The van der Waals surface area contributed by atoms with Crippen molar-refractivity contribution in [2.75, 3.05) is 44.7 Å². The summed E-state index contributed by atoms with van der Waals surface area (Å²) in [5, 5.41) is 1.17. The van der Waals surface area contributed by atoms with Crippen LogP contribution in [0.25, 0.3) is 10.9 Å². The molecule has 3 heterocycles. The summed E-state index contributed by atoms with van der Waals surface area (Å²) in [5.41, 5.74) is 3.15. The second kappa shape index (κ2) is 8.61. The van der Waals surface area contributed by atoms with Crippen molar-refractivity contribution in [1.82, 2.24) is 19.9 Å². The number of nitrogens with one attached hydrogen (secondary N) is 1. The highest BCUT2D eigenvalue weighted by Crippen LogP contribution is 2.25. The molecule has 3 aromatic rings. The summed E-state index contributed by atoms with van der Waals surface area (Å²) >= 11 is 0. The standard InChI is InChI=1S/C22H27N5O2/c1-16(28)17-5-6-20-19(12-17)18(13-24-20)4-3-7-26-8-10-27(11-9-26)22-21(29-2)14-23-15-25-22/h5-6,12-15,24H,3-4,7-11H2,1-2H3. The first-order valence-electron chi connectivity index (χ1n) is 10.1. The van der Waals surface area contributed by atoms with Gasteiger partial charge in [0, 0.05) is 48.8 Å². The fraction of sp³-hybridized carbons (Fsp3) is 0.409. The maximum absolute atomic E-state index is 11.7. The second-order valence-electron chi connectivity index (χ2n) is 7.48. The number of hydrogen-bond acceptors (Lipinski definition) is 6. The van der Waals surface area contributed by atoms with Gasteiger partial charge in [-0.15, -0.1) is 0 Å². The molecule has 0 spiro atoms. The molecule has 0 unspecified atom stereocenters. The van der Waals surface area contributed by atoms with Gasteiger partial charge in [-0.05, 0) is 50.1 Å². The summed E-state index contributed by atoms with van der Waals surface area (Å²) in [4.78, 5) is 28.2. The normalized spacial score (nSPS) is 15.0. The number of H-pyrrole nitrogens is 1. The number of piperazine rings is 1. The summed E-state index contributed by atoms with van der Waals surface area (Å²) in [5.74, 6) is 1.71. The van der Waals surface area contributed by atoms with Crippen LogP contribution in [0.4, 0.5) is 5.82 Å². The van der Waals surface area contributed by atoms with Crippen molar-refractivity contribution in [3.63, 3.8) is 0 Å². The molecule has 0 radical (unpaired) electrons. The summed E-state index contributed by atoms with van der Waals surface area (Å²) in [7, 11) is 1.66. The van der Waals surface area contributed by atoms with Crippen LogP contribution in [0.5, 0.6) is 5.75 Å². The predicted molar refractivity (Wildman–Crippen MR) is 114 cm³/mol. The van der Waals surface area contributed by atoms with Gasteiger partial charge < -0.3 is 14.6 Å². The molecule has 0 bridgehead atoms. The number of aromatic amines is 1. The van der Waals surface area contributed by atoms with Gasteiger partial charge in [-0.2, -0.15) is 0 Å². The van der Waals surface area contributed by atoms with Gasteiger partial charge in [0.15, 0.2) is 17.4 Å². The molecule has 1 aliphatic heterocycles. The third-order valence-corrected chi connectivity index (χ3v) is 5.65. The number of Topliss-reactive ketones (excluding diaryl/α,β-unsaturated/α-hetero) is 1. The average molecular weight is 393 g/mol. The van der Waals surface area contributed by atoms with Gasteiger partial charge in [0.1, 0.15) is 6.33 Å². The second-order valence-corrected chi connectivity index (χ2v) is 7.48. The fourth-order valence-corrected chi connectivity index (χ4v) is 3.97. The number of aryl methyl sites for hydroxylation is 1. The van der Waals surface area contributed by atoms with E-state index in [0.29, 0.717) is 0 Å². The van der Waals surface area contributed by atoms with Crippen LogP contribution in [0, 0.1) is 0 Å². The summed E-state index contributed by atoms with van der Waals surface area (Å²) in [6, 6.07) is 5.89. The molecule has 1 aromatic carbocycles. The van der Waals surface area contributed by atoms with Crippen LogP contribution in [0.15, 0.2) is 36.9 Å². The lowest BCUT2D eigenvalue weighted by molar-refractivity contribution is 0.101. The number of hydrogen-bond donors (Lipinski definition) is 1. The molecule has 0 atom stereocenters. The largest absolute Gasteiger partial charge is 0.491 e. The Balaban J connectivity index is 1.31. The van der Waals surface area contributed by atoms with Crippen molar-refractivity contribution < 1.29 is 9.53 Å². The molecular weight excluding hydrogens is 366 g/mol. The molecule has 1 saturated heterocycles. The van der Waals surface area contributed by atoms with Crippen molar-refractivity contribution in [3.8, 4) is 5.75 Å². The maximum atomic E-state index is 11.7. The van der Waals surface area contributed by atoms with Gasteiger partial charge in [-0.3, -0.25) is 9.69 Å². The minimum absolute atomic E-state index is 0.109. The maximum Gasteiger partial charge on any atom is 0.179 e. The zero-order valence-corrected chi connectivity index (χ0v) is 17.0. The van der Waals surface area contributed by atoms with Crippen LogP contribution in [0.2, 0.25) is 0 Å². The molecule has 152 valence electrons. The number of ketones is 1. The Morgan fingerprint density at radius 3 is 2.83 bits per heavy atom. The van der Waals surface area contributed by atoms with Gasteiger partial charge in [0.2, 0.25) is 0 Å². The van der Waals surface area contributed by atoms with Crippen LogP contribution >= 0.6 is 0 Å². The van der Waals surface area contributed by atoms with Crippen LogP contribution in [-0.2, 0) is 6.42 Å². The summed E-state index contributed by atoms with van der Waals surface area (Å²) in [6.45, 7) is 6.56. The van der Waals surface area contributed by atoms with E-state index in [1.807, 2.05) is 18.2 Å². The monoisotopic (exact) mass is 393 g/mol. The van der Waals surface area contributed by atoms with E-state index in [-0.39, 0.29) is 5.78 Å². The number of methoxy groups -OCH3 is 1. The molecular formula is C22H27N5O2. The first-order valence-corrected chi connectivity index (χ1v) is 10.1. The van der Waals surface area contributed by atoms with E-state index in [0.717, 1.165) is 68.2 Å². The zero-order chi connectivity index (χ0) is 20.2. The van der Waals surface area contributed by atoms with E-state index < -0.39 is 0 Å². The van der Waals surface area contributed by atoms with E-state index in [4.69, 9.17) is 4.74 Å². The smallest absolute Gasteiger partial charge is 0.179 e. The number of rotatable bonds is 7. The molecule has 1 N–H and O–H groups in total. The number of aromatic nitrogens is 3. The van der Waals surface area contributed by atoms with Gasteiger partial charge in [0.25, 0.3) is 0 Å². The van der Waals surface area contributed by atoms with E-state index in [1.165, 1.54) is 10.9 Å². The molecule has 1 aliphatic rings. The molecule has 0 aliphatic carbocycles. The lowest BCUT2D eigenvalue weighted by atomic mass is 10.0. The lowest BCUT2D eigenvalue weighted by Gasteiger charge is -2.35. The number of carbonyl (C=O) groups is 1. The molecule has 0 saturated carbocycles. The minimum atomic E-state index is 0.109. The Bertz CT molecular complexity index is 992. The topological polar surface area (TPSA) is 74.4 Å². The molecule has 4 rings (SSSR count). The van der Waals surface area contributed by atoms with E-state index in [1.54, 1.807) is 26.6 Å². The summed E-state index contributed by atoms with van der Waals surface area (Å²) < 4.78 is 5.39. The molecule has 7 nitrogen and oxygen atoms in total. The third-order valence-electron chi connectivity index (χ3n) is 5.65. The quantitative estimate of drug-likeness (QED) is 0.622. The van der Waals surface area contributed by atoms with E-state index in [2.05, 4.69) is 30.9 Å². The van der Waals surface area contributed by atoms with Crippen LogP contribution in [0.3, 0.4) is 0 Å². The molecule has 7 heteroatoms. The molecule has 2 aromatic heterocycles. The number of carbonyl (C=O) groups excluding carboxylic acids is 1. The SMILES string of the molecule is COc1cncnc1N1CCN(CCCc2c[nH]c3ccc(C(C)=O)cc23)CC1. The minimum Gasteiger partial charge on any atom is -0.491 e. The van der Waals surface area contributed by atoms with Crippen LogP contribution < -0.4 is 9.64 Å². The van der Waals surface area contributed by atoms with E-state index in [9.17, 15) is 4.79 Å². The van der Waals surface area contributed by atoms with Crippen molar-refractivity contribution in [3.05, 3.63) is 48.0 Å². The van der Waals surface area contributed by atoms with Gasteiger partial charge in [0.05, 0.1) is 13.3 Å². The van der Waals surface area contributed by atoms with Crippen LogP contribution in [-0.4, -0.2) is 65.5 Å². The number of fused-ring (bicyclic) bond motifs is 1. The highest BCUT2D eigenvalue weighted by atomic mass is 16.5. The average Bonchev–Trinajstić information content (AvgIpc) is 3.16. The molecule has 29 heavy (non-hydrogen) atoms. The zero-order valence-electron chi connectivity index (χ0n) is 17.0. The summed E-state index contributed by atoms with van der Waals surface area (Å²) in [6.07, 6.45) is 7.46. The van der Waals surface area contributed by atoms with Crippen molar-refractivity contribution in [2.45, 2.75) is 19.8 Å². The fourth-order valence-electron chi connectivity index (χ4n) is 3.97. The van der Waals surface area contributed by atoms with Gasteiger partial charge >= 0.3 is 0 Å². The lowest BCUT2D eigenvalue weighted by Crippen LogP contribution is -2.47. The Morgan fingerprint density at radius 2 is 2.07 bits per heavy atom. The van der Waals surface area contributed by atoms with Crippen molar-refractivity contribution >= 4 is 22.5 Å². The number of anilines is 1. The first kappa shape index (κ1) is 19.4. The Morgan fingerprint density at radius 1 is 1.24 bits per heavy atom. The number of ether oxygens (including phenoxy) is 1. The van der Waals surface area contributed by atoms with Gasteiger partial charge in [-0.1, -0.05) is 0 Å². The predicted octanol–water partition coefficient (Wildman–Crippen LogP) is 2.92. The Labute approximate surface area is 170 Å². The molecule has 0 amide bonds. The number of benzene rings is 1. The Kier molecular flexibility index (Phi) is 5.76. The van der Waals surface area contributed by atoms with Gasteiger partial charge in [-0.25, -0.2) is 9.97 Å².